The monoisotopic (exact) mass is 339 g/mol. The highest BCUT2D eigenvalue weighted by Crippen LogP contribution is 2.35. The number of rotatable bonds is 3. The Balaban J connectivity index is 2.73. The Bertz CT molecular complexity index is 690. The van der Waals surface area contributed by atoms with Crippen LogP contribution in [0.25, 0.3) is 10.9 Å². The lowest BCUT2D eigenvalue weighted by Gasteiger charge is -2.06. The van der Waals surface area contributed by atoms with Crippen molar-refractivity contribution in [3.05, 3.63) is 28.4 Å². The molecule has 0 aliphatic rings. The zero-order valence-electron chi connectivity index (χ0n) is 11.4. The lowest BCUT2D eigenvalue weighted by molar-refractivity contribution is -0.131. The molecule has 1 heterocycles. The van der Waals surface area contributed by atoms with Gasteiger partial charge in [-0.2, -0.15) is 0 Å². The van der Waals surface area contributed by atoms with Crippen LogP contribution in [0, 0.1) is 0 Å². The van der Waals surface area contributed by atoms with Gasteiger partial charge in [0.15, 0.2) is 11.4 Å². The zero-order valence-corrected chi connectivity index (χ0v) is 13.0. The molecule has 0 atom stereocenters. The second-order valence-electron chi connectivity index (χ2n) is 4.21. The Morgan fingerprint density at radius 1 is 1.35 bits per heavy atom. The van der Waals surface area contributed by atoms with E-state index in [1.807, 2.05) is 12.1 Å². The van der Waals surface area contributed by atoms with E-state index in [1.54, 1.807) is 24.6 Å². The molecule has 6 heteroatoms. The van der Waals surface area contributed by atoms with Crippen molar-refractivity contribution in [2.75, 3.05) is 6.61 Å². The third-order valence-corrected chi connectivity index (χ3v) is 3.32. The van der Waals surface area contributed by atoms with Crippen molar-refractivity contribution in [3.63, 3.8) is 0 Å². The number of carbonyl (C=O) groups is 2. The summed E-state index contributed by atoms with van der Waals surface area (Å²) in [6, 6.07) is 5.50. The summed E-state index contributed by atoms with van der Waals surface area (Å²) in [7, 11) is 1.73. The normalized spacial score (nSPS) is 10.6. The molecule has 0 spiro atoms. The van der Waals surface area contributed by atoms with E-state index in [-0.39, 0.29) is 18.1 Å². The van der Waals surface area contributed by atoms with Crippen LogP contribution in [0.15, 0.2) is 22.7 Å². The summed E-state index contributed by atoms with van der Waals surface area (Å²) in [6.45, 7) is 3.28. The number of ether oxygens (including phenoxy) is 2. The summed E-state index contributed by atoms with van der Waals surface area (Å²) in [5, 5.41) is 0.681. The molecule has 2 rings (SSSR count). The van der Waals surface area contributed by atoms with Crippen molar-refractivity contribution < 1.29 is 19.1 Å². The standard InChI is InChI=1S/C14H14BrNO4/c1-4-19-14(18)12-13(20-8(2)17)10-7-9(15)5-6-11(10)16(12)3/h5-7H,4H2,1-3H3. The van der Waals surface area contributed by atoms with Gasteiger partial charge in [0.05, 0.1) is 12.1 Å². The van der Waals surface area contributed by atoms with E-state index in [9.17, 15) is 9.59 Å². The molecule has 20 heavy (non-hydrogen) atoms. The van der Waals surface area contributed by atoms with E-state index in [4.69, 9.17) is 9.47 Å². The van der Waals surface area contributed by atoms with Crippen molar-refractivity contribution in [3.8, 4) is 5.75 Å². The van der Waals surface area contributed by atoms with Crippen molar-refractivity contribution in [1.29, 1.82) is 0 Å². The maximum absolute atomic E-state index is 12.1. The summed E-state index contributed by atoms with van der Waals surface area (Å²) in [5.41, 5.74) is 1.02. The van der Waals surface area contributed by atoms with Gasteiger partial charge < -0.3 is 14.0 Å². The summed E-state index contributed by atoms with van der Waals surface area (Å²) in [4.78, 5) is 23.4. The lowest BCUT2D eigenvalue weighted by atomic mass is 10.2. The van der Waals surface area contributed by atoms with Crippen molar-refractivity contribution >= 4 is 38.8 Å². The number of halogens is 1. The van der Waals surface area contributed by atoms with Crippen LogP contribution in [-0.2, 0) is 16.6 Å². The number of hydrogen-bond donors (Lipinski definition) is 0. The molecule has 5 nitrogen and oxygen atoms in total. The number of fused-ring (bicyclic) bond motifs is 1. The number of hydrogen-bond acceptors (Lipinski definition) is 4. The molecular weight excluding hydrogens is 326 g/mol. The van der Waals surface area contributed by atoms with Crippen LogP contribution < -0.4 is 4.74 Å². The van der Waals surface area contributed by atoms with Crippen molar-refractivity contribution in [1.82, 2.24) is 4.57 Å². The van der Waals surface area contributed by atoms with Gasteiger partial charge in [-0.1, -0.05) is 15.9 Å². The maximum atomic E-state index is 12.1. The van der Waals surface area contributed by atoms with Gasteiger partial charge >= 0.3 is 11.9 Å². The van der Waals surface area contributed by atoms with Crippen molar-refractivity contribution in [2.24, 2.45) is 7.05 Å². The number of esters is 2. The quantitative estimate of drug-likeness (QED) is 0.806. The minimum atomic E-state index is -0.515. The third kappa shape index (κ3) is 2.56. The Morgan fingerprint density at radius 3 is 2.65 bits per heavy atom. The van der Waals surface area contributed by atoms with Gasteiger partial charge in [-0.15, -0.1) is 0 Å². The molecule has 0 amide bonds. The molecule has 1 aromatic carbocycles. The van der Waals surface area contributed by atoms with E-state index in [0.717, 1.165) is 9.99 Å². The first-order valence-electron chi connectivity index (χ1n) is 6.09. The van der Waals surface area contributed by atoms with Crippen LogP contribution in [-0.4, -0.2) is 23.1 Å². The number of carbonyl (C=O) groups excluding carboxylic acids is 2. The predicted octanol–water partition coefficient (Wildman–Crippen LogP) is 3.04. The van der Waals surface area contributed by atoms with Gasteiger partial charge in [0, 0.05) is 23.8 Å². The van der Waals surface area contributed by atoms with Crippen LogP contribution in [0.4, 0.5) is 0 Å². The second-order valence-corrected chi connectivity index (χ2v) is 5.13. The Labute approximate surface area is 124 Å². The van der Waals surface area contributed by atoms with Crippen LogP contribution in [0.5, 0.6) is 5.75 Å². The molecule has 0 N–H and O–H groups in total. The second kappa shape index (κ2) is 5.66. The van der Waals surface area contributed by atoms with E-state index in [0.29, 0.717) is 5.39 Å². The fraction of sp³-hybridized carbons (Fsp3) is 0.286. The largest absolute Gasteiger partial charge is 0.461 e. The van der Waals surface area contributed by atoms with E-state index < -0.39 is 11.9 Å². The zero-order chi connectivity index (χ0) is 14.9. The minimum absolute atomic E-state index is 0.231. The van der Waals surface area contributed by atoms with Gasteiger partial charge in [0.2, 0.25) is 0 Å². The van der Waals surface area contributed by atoms with Crippen LogP contribution in [0.1, 0.15) is 24.3 Å². The minimum Gasteiger partial charge on any atom is -0.461 e. The van der Waals surface area contributed by atoms with E-state index in [2.05, 4.69) is 15.9 Å². The van der Waals surface area contributed by atoms with Gasteiger partial charge in [-0.25, -0.2) is 4.79 Å². The number of nitrogens with zero attached hydrogens (tertiary/aromatic N) is 1. The highest BCUT2D eigenvalue weighted by atomic mass is 79.9. The molecule has 0 unspecified atom stereocenters. The first kappa shape index (κ1) is 14.6. The third-order valence-electron chi connectivity index (χ3n) is 2.83. The van der Waals surface area contributed by atoms with Gasteiger partial charge in [0.25, 0.3) is 0 Å². The van der Waals surface area contributed by atoms with Crippen LogP contribution in [0.3, 0.4) is 0 Å². The topological polar surface area (TPSA) is 57.5 Å². The van der Waals surface area contributed by atoms with Crippen molar-refractivity contribution in [2.45, 2.75) is 13.8 Å². The molecule has 1 aromatic heterocycles. The average Bonchev–Trinajstić information content (AvgIpc) is 2.62. The molecule has 0 bridgehead atoms. The average molecular weight is 340 g/mol. The first-order valence-corrected chi connectivity index (χ1v) is 6.88. The van der Waals surface area contributed by atoms with E-state index >= 15 is 0 Å². The molecule has 0 saturated heterocycles. The highest BCUT2D eigenvalue weighted by Gasteiger charge is 2.24. The van der Waals surface area contributed by atoms with Gasteiger partial charge in [0.1, 0.15) is 0 Å². The van der Waals surface area contributed by atoms with Gasteiger partial charge in [-0.05, 0) is 25.1 Å². The SMILES string of the molecule is CCOC(=O)c1c(OC(C)=O)c2cc(Br)ccc2n1C. The molecule has 0 aliphatic carbocycles. The summed E-state index contributed by atoms with van der Waals surface area (Å²) < 4.78 is 12.7. The lowest BCUT2D eigenvalue weighted by Crippen LogP contribution is -2.13. The molecule has 0 aliphatic heterocycles. The number of benzene rings is 1. The summed E-state index contributed by atoms with van der Waals surface area (Å²) in [5.74, 6) is -0.767. The van der Waals surface area contributed by atoms with Crippen LogP contribution >= 0.6 is 15.9 Å². The first-order chi connectivity index (χ1) is 9.45. The molecule has 0 radical (unpaired) electrons. The molecular formula is C14H14BrNO4. The molecule has 0 saturated carbocycles. The van der Waals surface area contributed by atoms with Crippen LogP contribution in [0.2, 0.25) is 0 Å². The Hall–Kier alpha value is -1.82. The Kier molecular flexibility index (Phi) is 4.13. The smallest absolute Gasteiger partial charge is 0.358 e. The fourth-order valence-electron chi connectivity index (χ4n) is 2.06. The fourth-order valence-corrected chi connectivity index (χ4v) is 2.42. The number of aromatic nitrogens is 1. The summed E-state index contributed by atoms with van der Waals surface area (Å²) in [6.07, 6.45) is 0. The summed E-state index contributed by atoms with van der Waals surface area (Å²) >= 11 is 3.37. The van der Waals surface area contributed by atoms with Gasteiger partial charge in [-0.3, -0.25) is 4.79 Å². The van der Waals surface area contributed by atoms with E-state index in [1.165, 1.54) is 6.92 Å². The molecule has 0 fully saturated rings. The number of aryl methyl sites for hydroxylation is 1. The predicted molar refractivity (Wildman–Crippen MR) is 77.9 cm³/mol. The maximum Gasteiger partial charge on any atom is 0.358 e. The molecule has 106 valence electrons. The Morgan fingerprint density at radius 2 is 2.05 bits per heavy atom. The molecule has 2 aromatic rings. The highest BCUT2D eigenvalue weighted by molar-refractivity contribution is 9.10.